The number of rotatable bonds is 11. The summed E-state index contributed by atoms with van der Waals surface area (Å²) < 4.78 is 30.1. The standard InChI is InChI=1S/C35H35Cl2N5O4S/c36-29-14-12-27(21-30(29)37)31(41-47(45,46)28-13-11-24-5-1-2-6-26(24)20-28)22-33(43)40-32(35(44)42-17-3-4-18-42)19-23-7-9-25(10-8-23)34-38-15-16-39-34/h1-2,5-14,20-21,31-32,41H,3-4,15-19,22H2,(H,38,39)(H,40,43). The summed E-state index contributed by atoms with van der Waals surface area (Å²) in [6.07, 6.45) is 1.82. The van der Waals surface area contributed by atoms with Crippen molar-refractivity contribution >= 4 is 61.6 Å². The van der Waals surface area contributed by atoms with Crippen molar-refractivity contribution in [3.8, 4) is 0 Å². The molecule has 244 valence electrons. The molecule has 2 unspecified atom stereocenters. The van der Waals surface area contributed by atoms with E-state index in [1.807, 2.05) is 48.5 Å². The van der Waals surface area contributed by atoms with Crippen LogP contribution in [0.15, 0.2) is 94.8 Å². The summed E-state index contributed by atoms with van der Waals surface area (Å²) in [5, 5.41) is 8.38. The van der Waals surface area contributed by atoms with Gasteiger partial charge in [-0.05, 0) is 59.0 Å². The van der Waals surface area contributed by atoms with Gasteiger partial charge in [0.05, 0.1) is 27.5 Å². The molecule has 0 spiro atoms. The molecule has 4 aromatic carbocycles. The number of amides is 2. The van der Waals surface area contributed by atoms with Crippen molar-refractivity contribution in [2.24, 2.45) is 4.99 Å². The van der Waals surface area contributed by atoms with Crippen LogP contribution < -0.4 is 15.4 Å². The second kappa shape index (κ2) is 14.4. The summed E-state index contributed by atoms with van der Waals surface area (Å²) in [5.41, 5.74) is 2.30. The number of hydrogen-bond acceptors (Lipinski definition) is 6. The van der Waals surface area contributed by atoms with Gasteiger partial charge in [0.2, 0.25) is 21.8 Å². The lowest BCUT2D eigenvalue weighted by molar-refractivity contribution is -0.135. The van der Waals surface area contributed by atoms with Crippen LogP contribution in [0.2, 0.25) is 10.0 Å². The molecule has 12 heteroatoms. The van der Waals surface area contributed by atoms with Gasteiger partial charge in [-0.1, -0.05) is 83.9 Å². The molecule has 2 atom stereocenters. The molecule has 2 heterocycles. The molecule has 0 bridgehead atoms. The molecule has 6 rings (SSSR count). The fourth-order valence-corrected chi connectivity index (χ4v) is 7.53. The van der Waals surface area contributed by atoms with Crippen LogP contribution in [-0.4, -0.2) is 63.2 Å². The first kappa shape index (κ1) is 33.0. The predicted molar refractivity (Wildman–Crippen MR) is 185 cm³/mol. The number of fused-ring (bicyclic) bond motifs is 1. The molecule has 4 aromatic rings. The molecule has 9 nitrogen and oxygen atoms in total. The Balaban J connectivity index is 1.24. The highest BCUT2D eigenvalue weighted by atomic mass is 35.5. The van der Waals surface area contributed by atoms with Gasteiger partial charge >= 0.3 is 0 Å². The lowest BCUT2D eigenvalue weighted by atomic mass is 10.0. The van der Waals surface area contributed by atoms with Gasteiger partial charge in [0.25, 0.3) is 0 Å². The highest BCUT2D eigenvalue weighted by Crippen LogP contribution is 2.29. The number of benzene rings is 4. The van der Waals surface area contributed by atoms with Gasteiger partial charge in [0.1, 0.15) is 11.9 Å². The Hall–Kier alpha value is -3.96. The molecule has 1 fully saturated rings. The number of sulfonamides is 1. The molecule has 2 aliphatic heterocycles. The lowest BCUT2D eigenvalue weighted by Gasteiger charge is -2.26. The number of aliphatic imine (C=N–C) groups is 1. The summed E-state index contributed by atoms with van der Waals surface area (Å²) in [5.74, 6) is 0.194. The Morgan fingerprint density at radius 2 is 1.64 bits per heavy atom. The van der Waals surface area contributed by atoms with E-state index in [1.165, 1.54) is 6.07 Å². The molecular weight excluding hydrogens is 657 g/mol. The van der Waals surface area contributed by atoms with Crippen LogP contribution in [0.25, 0.3) is 10.8 Å². The Labute approximate surface area is 284 Å². The third kappa shape index (κ3) is 7.96. The van der Waals surface area contributed by atoms with E-state index in [1.54, 1.807) is 35.2 Å². The molecule has 0 aromatic heterocycles. The minimum atomic E-state index is -4.08. The van der Waals surface area contributed by atoms with E-state index < -0.39 is 28.0 Å². The normalized spacial score (nSPS) is 16.0. The highest BCUT2D eigenvalue weighted by Gasteiger charge is 2.30. The number of carbonyl (C=O) groups is 2. The molecule has 47 heavy (non-hydrogen) atoms. The van der Waals surface area contributed by atoms with Gasteiger partial charge in [-0.2, -0.15) is 0 Å². The van der Waals surface area contributed by atoms with Gasteiger partial charge in [0, 0.05) is 38.0 Å². The summed E-state index contributed by atoms with van der Waals surface area (Å²) in [4.78, 5) is 33.7. The summed E-state index contributed by atoms with van der Waals surface area (Å²) in [6.45, 7) is 2.80. The maximum absolute atomic E-state index is 13.7. The largest absolute Gasteiger partial charge is 0.368 e. The van der Waals surface area contributed by atoms with Crippen molar-refractivity contribution in [1.29, 1.82) is 0 Å². The van der Waals surface area contributed by atoms with Crippen LogP contribution >= 0.6 is 23.2 Å². The van der Waals surface area contributed by atoms with Gasteiger partial charge < -0.3 is 15.5 Å². The average molecular weight is 693 g/mol. The van der Waals surface area contributed by atoms with Crippen molar-refractivity contribution in [3.63, 3.8) is 0 Å². The summed E-state index contributed by atoms with van der Waals surface area (Å²) in [6, 6.07) is 23.0. The minimum Gasteiger partial charge on any atom is -0.368 e. The number of carbonyl (C=O) groups excluding carboxylic acids is 2. The minimum absolute atomic E-state index is 0.0611. The Morgan fingerprint density at radius 3 is 2.34 bits per heavy atom. The maximum atomic E-state index is 13.7. The first-order valence-corrected chi connectivity index (χ1v) is 17.8. The third-order valence-corrected chi connectivity index (χ3v) is 10.7. The van der Waals surface area contributed by atoms with Crippen molar-refractivity contribution in [2.75, 3.05) is 26.2 Å². The van der Waals surface area contributed by atoms with Crippen molar-refractivity contribution in [2.45, 2.75) is 42.7 Å². The number of hydrogen-bond donors (Lipinski definition) is 3. The molecule has 0 radical (unpaired) electrons. The van der Waals surface area contributed by atoms with Crippen LogP contribution in [0.1, 0.15) is 42.0 Å². The number of nitrogens with one attached hydrogen (secondary N) is 3. The number of halogens is 2. The van der Waals surface area contributed by atoms with Crippen LogP contribution in [0.5, 0.6) is 0 Å². The Morgan fingerprint density at radius 1 is 0.894 bits per heavy atom. The van der Waals surface area contributed by atoms with Crippen molar-refractivity contribution in [3.05, 3.63) is 112 Å². The van der Waals surface area contributed by atoms with E-state index in [2.05, 4.69) is 20.3 Å². The van der Waals surface area contributed by atoms with Gasteiger partial charge in [-0.3, -0.25) is 14.6 Å². The van der Waals surface area contributed by atoms with Crippen molar-refractivity contribution in [1.82, 2.24) is 20.3 Å². The first-order valence-electron chi connectivity index (χ1n) is 15.6. The highest BCUT2D eigenvalue weighted by molar-refractivity contribution is 7.89. The Bertz CT molecular complexity index is 1930. The van der Waals surface area contributed by atoms with E-state index in [4.69, 9.17) is 23.2 Å². The average Bonchev–Trinajstić information content (AvgIpc) is 3.81. The molecule has 0 aliphatic carbocycles. The smallest absolute Gasteiger partial charge is 0.245 e. The van der Waals surface area contributed by atoms with Crippen LogP contribution in [-0.2, 0) is 26.0 Å². The van der Waals surface area contributed by atoms with E-state index >= 15 is 0 Å². The van der Waals surface area contributed by atoms with E-state index in [-0.39, 0.29) is 28.7 Å². The lowest BCUT2D eigenvalue weighted by Crippen LogP contribution is -2.49. The number of amidine groups is 1. The second-order valence-corrected chi connectivity index (χ2v) is 14.3. The zero-order valence-corrected chi connectivity index (χ0v) is 27.9. The van der Waals surface area contributed by atoms with E-state index in [0.717, 1.165) is 53.7 Å². The Kier molecular flexibility index (Phi) is 10.1. The fraction of sp³-hybridized carbons (Fsp3) is 0.286. The molecule has 2 amide bonds. The maximum Gasteiger partial charge on any atom is 0.245 e. The number of likely N-dealkylation sites (tertiary alicyclic amines) is 1. The monoisotopic (exact) mass is 691 g/mol. The summed E-state index contributed by atoms with van der Waals surface area (Å²) >= 11 is 12.5. The van der Waals surface area contributed by atoms with Gasteiger partial charge in [-0.15, -0.1) is 0 Å². The van der Waals surface area contributed by atoms with Gasteiger partial charge in [-0.25, -0.2) is 13.1 Å². The molecule has 0 saturated carbocycles. The number of nitrogens with zero attached hydrogens (tertiary/aromatic N) is 2. The molecular formula is C35H35Cl2N5O4S. The third-order valence-electron chi connectivity index (χ3n) is 8.46. The molecule has 1 saturated heterocycles. The van der Waals surface area contributed by atoms with Crippen LogP contribution in [0, 0.1) is 0 Å². The summed E-state index contributed by atoms with van der Waals surface area (Å²) in [7, 11) is -4.08. The quantitative estimate of drug-likeness (QED) is 0.198. The van der Waals surface area contributed by atoms with E-state index in [0.29, 0.717) is 23.7 Å². The zero-order valence-electron chi connectivity index (χ0n) is 25.6. The van der Waals surface area contributed by atoms with Gasteiger partial charge in [0.15, 0.2) is 0 Å². The van der Waals surface area contributed by atoms with E-state index in [9.17, 15) is 18.0 Å². The topological polar surface area (TPSA) is 120 Å². The van der Waals surface area contributed by atoms with Crippen LogP contribution in [0.3, 0.4) is 0 Å². The second-order valence-electron chi connectivity index (χ2n) is 11.8. The molecule has 2 aliphatic rings. The fourth-order valence-electron chi connectivity index (χ4n) is 5.97. The zero-order chi connectivity index (χ0) is 33.0. The molecule has 3 N–H and O–H groups in total. The SMILES string of the molecule is O=C(CC(NS(=O)(=O)c1ccc2ccccc2c1)c1ccc(Cl)c(Cl)c1)NC(Cc1ccc(C2=NCCN2)cc1)C(=O)N1CCCC1. The van der Waals surface area contributed by atoms with Crippen LogP contribution in [0.4, 0.5) is 0 Å². The van der Waals surface area contributed by atoms with Crippen molar-refractivity contribution < 1.29 is 18.0 Å². The predicted octanol–water partition coefficient (Wildman–Crippen LogP) is 5.26. The first-order chi connectivity index (χ1) is 22.7.